The average Bonchev–Trinajstić information content (AvgIpc) is 3.18. The highest BCUT2D eigenvalue weighted by molar-refractivity contribution is 5.88. The molecule has 2 aromatic rings. The summed E-state index contributed by atoms with van der Waals surface area (Å²) in [6, 6.07) is 5.97. The van der Waals surface area contributed by atoms with E-state index in [1.54, 1.807) is 18.3 Å². The van der Waals surface area contributed by atoms with E-state index in [2.05, 4.69) is 17.1 Å². The van der Waals surface area contributed by atoms with Gasteiger partial charge in [0, 0.05) is 41.0 Å². The third-order valence-corrected chi connectivity index (χ3v) is 7.06. The zero-order valence-electron chi connectivity index (χ0n) is 18.7. The largest absolute Gasteiger partial charge is 0.494 e. The lowest BCUT2D eigenvalue weighted by molar-refractivity contribution is -0.141. The number of amides is 1. The molecule has 2 aliphatic rings. The SMILES string of the molecule is CC=C1CC2CC(C#N)CC(C1)N2C(=O)CC(C)(C)c1c[nH]c2ccc(OC)c(F)c12. The van der Waals surface area contributed by atoms with Gasteiger partial charge in [-0.05, 0) is 50.3 Å². The number of carbonyl (C=O) groups is 1. The zero-order valence-corrected chi connectivity index (χ0v) is 18.7. The lowest BCUT2D eigenvalue weighted by Gasteiger charge is -2.49. The molecule has 3 heterocycles. The molecule has 1 aromatic heterocycles. The normalized spacial score (nSPS) is 23.5. The molecule has 1 aromatic carbocycles. The quantitative estimate of drug-likeness (QED) is 0.685. The fourth-order valence-electron chi connectivity index (χ4n) is 5.50. The fourth-order valence-corrected chi connectivity index (χ4v) is 5.50. The number of H-pyrrole nitrogens is 1. The van der Waals surface area contributed by atoms with Crippen LogP contribution in [0.15, 0.2) is 30.0 Å². The van der Waals surface area contributed by atoms with E-state index < -0.39 is 11.2 Å². The number of aromatic amines is 1. The van der Waals surface area contributed by atoms with Crippen LogP contribution in [0.25, 0.3) is 10.9 Å². The summed E-state index contributed by atoms with van der Waals surface area (Å²) in [6.07, 6.45) is 7.39. The molecule has 1 N–H and O–H groups in total. The van der Waals surface area contributed by atoms with Gasteiger partial charge in [-0.15, -0.1) is 0 Å². The molecule has 2 bridgehead atoms. The Bertz CT molecular complexity index is 1060. The number of benzene rings is 1. The summed E-state index contributed by atoms with van der Waals surface area (Å²) in [7, 11) is 1.45. The number of carbonyl (C=O) groups excluding carboxylic acids is 1. The van der Waals surface area contributed by atoms with Crippen LogP contribution in [0.2, 0.25) is 0 Å². The summed E-state index contributed by atoms with van der Waals surface area (Å²) < 4.78 is 20.2. The highest BCUT2D eigenvalue weighted by atomic mass is 19.1. The summed E-state index contributed by atoms with van der Waals surface area (Å²) in [5.74, 6) is -0.103. The zero-order chi connectivity index (χ0) is 22.3. The van der Waals surface area contributed by atoms with Crippen molar-refractivity contribution in [3.05, 3.63) is 41.4 Å². The molecule has 0 saturated carbocycles. The minimum atomic E-state index is -0.563. The first-order chi connectivity index (χ1) is 14.8. The van der Waals surface area contributed by atoms with Gasteiger partial charge in [-0.3, -0.25) is 4.79 Å². The van der Waals surface area contributed by atoms with Crippen molar-refractivity contribution < 1.29 is 13.9 Å². The summed E-state index contributed by atoms with van der Waals surface area (Å²) in [5.41, 5.74) is 2.28. The molecule has 4 rings (SSSR count). The predicted octanol–water partition coefficient (Wildman–Crippen LogP) is 5.22. The van der Waals surface area contributed by atoms with Gasteiger partial charge in [-0.25, -0.2) is 4.39 Å². The fraction of sp³-hybridized carbons (Fsp3) is 0.520. The first-order valence-corrected chi connectivity index (χ1v) is 11.0. The molecular weight excluding hydrogens is 393 g/mol. The lowest BCUT2D eigenvalue weighted by atomic mass is 9.75. The molecule has 2 unspecified atom stereocenters. The van der Waals surface area contributed by atoms with Crippen molar-refractivity contribution in [1.29, 1.82) is 5.26 Å². The number of nitrogens with zero attached hydrogens (tertiary/aromatic N) is 2. The number of hydrogen-bond acceptors (Lipinski definition) is 3. The van der Waals surface area contributed by atoms with Gasteiger partial charge in [0.05, 0.1) is 19.1 Å². The highest BCUT2D eigenvalue weighted by Crippen LogP contribution is 2.42. The molecule has 2 saturated heterocycles. The summed E-state index contributed by atoms with van der Waals surface area (Å²) in [5, 5.41) is 9.94. The number of piperidine rings is 2. The van der Waals surface area contributed by atoms with Gasteiger partial charge >= 0.3 is 0 Å². The summed E-state index contributed by atoms with van der Waals surface area (Å²) in [4.78, 5) is 18.7. The molecule has 31 heavy (non-hydrogen) atoms. The van der Waals surface area contributed by atoms with Crippen molar-refractivity contribution in [2.45, 2.75) is 70.4 Å². The molecular formula is C25H30FN3O2. The van der Waals surface area contributed by atoms with Crippen LogP contribution in [0.1, 0.15) is 58.4 Å². The van der Waals surface area contributed by atoms with Crippen molar-refractivity contribution in [2.75, 3.05) is 7.11 Å². The summed E-state index contributed by atoms with van der Waals surface area (Å²) in [6.45, 7) is 6.02. The molecule has 0 radical (unpaired) electrons. The van der Waals surface area contributed by atoms with Crippen LogP contribution in [0, 0.1) is 23.1 Å². The molecule has 5 nitrogen and oxygen atoms in total. The van der Waals surface area contributed by atoms with Crippen molar-refractivity contribution >= 4 is 16.8 Å². The maximum atomic E-state index is 15.1. The predicted molar refractivity (Wildman–Crippen MR) is 118 cm³/mol. The van der Waals surface area contributed by atoms with E-state index in [1.807, 2.05) is 25.7 Å². The Kier molecular flexibility index (Phi) is 5.55. The Morgan fingerprint density at radius 1 is 1.35 bits per heavy atom. The third kappa shape index (κ3) is 3.71. The van der Waals surface area contributed by atoms with Crippen LogP contribution in [-0.2, 0) is 10.2 Å². The Labute approximate surface area is 182 Å². The van der Waals surface area contributed by atoms with Crippen LogP contribution in [-0.4, -0.2) is 35.0 Å². The number of fused-ring (bicyclic) bond motifs is 3. The summed E-state index contributed by atoms with van der Waals surface area (Å²) >= 11 is 0. The molecule has 2 fully saturated rings. The average molecular weight is 424 g/mol. The van der Waals surface area contributed by atoms with Crippen LogP contribution in [0.4, 0.5) is 4.39 Å². The lowest BCUT2D eigenvalue weighted by Crippen LogP contribution is -2.55. The Balaban J connectivity index is 1.62. The van der Waals surface area contributed by atoms with Crippen molar-refractivity contribution in [2.24, 2.45) is 5.92 Å². The number of halogens is 1. The molecule has 6 heteroatoms. The van der Waals surface area contributed by atoms with E-state index in [-0.39, 0.29) is 36.1 Å². The second-order valence-electron chi connectivity index (χ2n) is 9.53. The van der Waals surface area contributed by atoms with Gasteiger partial charge in [0.2, 0.25) is 5.91 Å². The number of aromatic nitrogens is 1. The number of allylic oxidation sites excluding steroid dienone is 1. The first-order valence-electron chi connectivity index (χ1n) is 11.0. The highest BCUT2D eigenvalue weighted by Gasteiger charge is 2.43. The van der Waals surface area contributed by atoms with E-state index >= 15 is 4.39 Å². The monoisotopic (exact) mass is 423 g/mol. The van der Waals surface area contributed by atoms with E-state index in [1.165, 1.54) is 12.7 Å². The van der Waals surface area contributed by atoms with Gasteiger partial charge in [-0.2, -0.15) is 5.26 Å². The second-order valence-corrected chi connectivity index (χ2v) is 9.53. The molecule has 2 atom stereocenters. The maximum Gasteiger partial charge on any atom is 0.223 e. The second kappa shape index (κ2) is 8.03. The third-order valence-electron chi connectivity index (χ3n) is 7.06. The van der Waals surface area contributed by atoms with E-state index in [0.29, 0.717) is 10.9 Å². The van der Waals surface area contributed by atoms with E-state index in [4.69, 9.17) is 4.74 Å². The number of methoxy groups -OCH3 is 1. The van der Waals surface area contributed by atoms with Crippen molar-refractivity contribution in [3.63, 3.8) is 0 Å². The van der Waals surface area contributed by atoms with Gasteiger partial charge in [0.1, 0.15) is 0 Å². The Morgan fingerprint density at radius 2 is 2.03 bits per heavy atom. The first kappa shape index (κ1) is 21.4. The van der Waals surface area contributed by atoms with Gasteiger partial charge in [-0.1, -0.05) is 25.5 Å². The van der Waals surface area contributed by atoms with Crippen molar-refractivity contribution in [1.82, 2.24) is 9.88 Å². The van der Waals surface area contributed by atoms with E-state index in [9.17, 15) is 10.1 Å². The van der Waals surface area contributed by atoms with Gasteiger partial charge < -0.3 is 14.6 Å². The number of rotatable bonds is 4. The van der Waals surface area contributed by atoms with Crippen molar-refractivity contribution in [3.8, 4) is 11.8 Å². The van der Waals surface area contributed by atoms with Crippen LogP contribution >= 0.6 is 0 Å². The Morgan fingerprint density at radius 3 is 2.61 bits per heavy atom. The van der Waals surface area contributed by atoms with Gasteiger partial charge in [0.25, 0.3) is 0 Å². The van der Waals surface area contributed by atoms with Crippen LogP contribution in [0.3, 0.4) is 0 Å². The molecule has 0 spiro atoms. The molecule has 0 aliphatic carbocycles. The Hall–Kier alpha value is -2.81. The molecule has 2 aliphatic heterocycles. The number of nitriles is 1. The van der Waals surface area contributed by atoms with Crippen LogP contribution in [0.5, 0.6) is 5.75 Å². The standard InChI is InChI=1S/C25H30FN3O2/c1-5-15-8-17-10-16(13-27)11-18(9-15)29(17)22(30)12-25(2,3)19-14-28-20-6-7-21(31-4)24(26)23(19)20/h5-7,14,16-18,28H,8-12H2,1-4H3. The van der Waals surface area contributed by atoms with Gasteiger partial charge in [0.15, 0.2) is 11.6 Å². The number of nitrogens with one attached hydrogen (secondary N) is 1. The van der Waals surface area contributed by atoms with Crippen LogP contribution < -0.4 is 4.74 Å². The number of ether oxygens (including phenoxy) is 1. The maximum absolute atomic E-state index is 15.1. The van der Waals surface area contributed by atoms with E-state index in [0.717, 1.165) is 31.2 Å². The topological polar surface area (TPSA) is 69.1 Å². The minimum absolute atomic E-state index is 0.0145. The minimum Gasteiger partial charge on any atom is -0.494 e. The number of hydrogen-bond donors (Lipinski definition) is 1. The smallest absolute Gasteiger partial charge is 0.223 e. The molecule has 1 amide bonds. The molecule has 164 valence electrons.